The lowest BCUT2D eigenvalue weighted by atomic mass is 10.1. The SMILES string of the molecule is CCC(I)CCCN1C(=O)c2ccccc2C1=O. The lowest BCUT2D eigenvalue weighted by Gasteiger charge is -2.14. The number of carbonyl (C=O) groups is 2. The third-order valence-corrected chi connectivity index (χ3v) is 4.72. The van der Waals surface area contributed by atoms with Crippen LogP contribution in [0.25, 0.3) is 0 Å². The average molecular weight is 357 g/mol. The minimum Gasteiger partial charge on any atom is -0.274 e. The summed E-state index contributed by atoms with van der Waals surface area (Å²) in [5.41, 5.74) is 1.09. The van der Waals surface area contributed by atoms with Crippen molar-refractivity contribution in [2.45, 2.75) is 30.1 Å². The number of rotatable bonds is 5. The standard InChI is InChI=1S/C14H16INO2/c1-2-10(15)6-5-9-16-13(17)11-7-3-4-8-12(11)14(16)18/h3-4,7-8,10H,2,5-6,9H2,1H3. The Morgan fingerprint density at radius 3 is 2.22 bits per heavy atom. The molecular weight excluding hydrogens is 341 g/mol. The number of hydrogen-bond donors (Lipinski definition) is 0. The van der Waals surface area contributed by atoms with Gasteiger partial charge in [-0.2, -0.15) is 0 Å². The molecule has 1 aliphatic heterocycles. The molecule has 0 aromatic heterocycles. The maximum Gasteiger partial charge on any atom is 0.261 e. The van der Waals surface area contributed by atoms with E-state index in [-0.39, 0.29) is 11.8 Å². The van der Waals surface area contributed by atoms with Crippen LogP contribution in [0.15, 0.2) is 24.3 Å². The molecule has 2 amide bonds. The zero-order valence-electron chi connectivity index (χ0n) is 10.4. The van der Waals surface area contributed by atoms with Crippen molar-refractivity contribution < 1.29 is 9.59 Å². The molecule has 3 nitrogen and oxygen atoms in total. The van der Waals surface area contributed by atoms with Crippen molar-refractivity contribution in [3.05, 3.63) is 35.4 Å². The molecular formula is C14H16INO2. The summed E-state index contributed by atoms with van der Waals surface area (Å²) in [6, 6.07) is 7.04. The number of alkyl halides is 1. The van der Waals surface area contributed by atoms with Crippen molar-refractivity contribution in [3.63, 3.8) is 0 Å². The van der Waals surface area contributed by atoms with Gasteiger partial charge in [0.05, 0.1) is 11.1 Å². The van der Waals surface area contributed by atoms with Gasteiger partial charge in [0.15, 0.2) is 0 Å². The van der Waals surface area contributed by atoms with Crippen molar-refractivity contribution in [1.29, 1.82) is 0 Å². The van der Waals surface area contributed by atoms with Crippen LogP contribution in [-0.2, 0) is 0 Å². The first-order valence-electron chi connectivity index (χ1n) is 6.24. The summed E-state index contributed by atoms with van der Waals surface area (Å²) in [5, 5.41) is 0. The molecule has 0 N–H and O–H groups in total. The molecule has 96 valence electrons. The molecule has 0 fully saturated rings. The average Bonchev–Trinajstić information content (AvgIpc) is 2.64. The van der Waals surface area contributed by atoms with E-state index in [1.54, 1.807) is 24.3 Å². The predicted molar refractivity (Wildman–Crippen MR) is 79.1 cm³/mol. The van der Waals surface area contributed by atoms with Crippen LogP contribution in [0.4, 0.5) is 0 Å². The van der Waals surface area contributed by atoms with Gasteiger partial charge in [-0.3, -0.25) is 14.5 Å². The number of amides is 2. The molecule has 1 aromatic rings. The molecule has 0 radical (unpaired) electrons. The Labute approximate surface area is 121 Å². The van der Waals surface area contributed by atoms with Gasteiger partial charge in [-0.1, -0.05) is 41.6 Å². The molecule has 2 rings (SSSR count). The minimum absolute atomic E-state index is 0.142. The summed E-state index contributed by atoms with van der Waals surface area (Å²) in [6.45, 7) is 2.69. The fraction of sp³-hybridized carbons (Fsp3) is 0.429. The number of nitrogens with zero attached hydrogens (tertiary/aromatic N) is 1. The molecule has 1 atom stereocenters. The topological polar surface area (TPSA) is 37.4 Å². The Morgan fingerprint density at radius 2 is 1.72 bits per heavy atom. The van der Waals surface area contributed by atoms with E-state index in [1.807, 2.05) is 0 Å². The third-order valence-electron chi connectivity index (χ3n) is 3.22. The second-order valence-corrected chi connectivity index (χ2v) is 6.22. The zero-order chi connectivity index (χ0) is 13.1. The first-order chi connectivity index (χ1) is 8.65. The van der Waals surface area contributed by atoms with Gasteiger partial charge in [-0.25, -0.2) is 0 Å². The second-order valence-electron chi connectivity index (χ2n) is 4.46. The summed E-state index contributed by atoms with van der Waals surface area (Å²) in [7, 11) is 0. The van der Waals surface area contributed by atoms with Crippen LogP contribution in [0.1, 0.15) is 46.9 Å². The van der Waals surface area contributed by atoms with Crippen LogP contribution in [0, 0.1) is 0 Å². The monoisotopic (exact) mass is 357 g/mol. The lowest BCUT2D eigenvalue weighted by molar-refractivity contribution is 0.0652. The lowest BCUT2D eigenvalue weighted by Crippen LogP contribution is -2.31. The Balaban J connectivity index is 2.01. The highest BCUT2D eigenvalue weighted by Crippen LogP contribution is 2.23. The number of hydrogen-bond acceptors (Lipinski definition) is 2. The van der Waals surface area contributed by atoms with Crippen LogP contribution in [0.5, 0.6) is 0 Å². The molecule has 1 unspecified atom stereocenters. The molecule has 0 aliphatic carbocycles. The molecule has 0 spiro atoms. The molecule has 4 heteroatoms. The summed E-state index contributed by atoms with van der Waals surface area (Å²) >= 11 is 2.41. The van der Waals surface area contributed by atoms with Crippen LogP contribution in [0.3, 0.4) is 0 Å². The van der Waals surface area contributed by atoms with Gasteiger partial charge in [0.2, 0.25) is 0 Å². The number of benzene rings is 1. The predicted octanol–water partition coefficient (Wildman–Crippen LogP) is 3.28. The summed E-state index contributed by atoms with van der Waals surface area (Å²) < 4.78 is 0.623. The summed E-state index contributed by atoms with van der Waals surface area (Å²) in [6.07, 6.45) is 3.06. The van der Waals surface area contributed by atoms with Crippen molar-refractivity contribution in [3.8, 4) is 0 Å². The van der Waals surface area contributed by atoms with E-state index in [9.17, 15) is 9.59 Å². The normalized spacial score (nSPS) is 16.0. The van der Waals surface area contributed by atoms with E-state index in [2.05, 4.69) is 29.5 Å². The van der Waals surface area contributed by atoms with E-state index in [0.717, 1.165) is 19.3 Å². The van der Waals surface area contributed by atoms with Crippen LogP contribution < -0.4 is 0 Å². The largest absolute Gasteiger partial charge is 0.274 e. The van der Waals surface area contributed by atoms with Crippen molar-refractivity contribution in [2.24, 2.45) is 0 Å². The van der Waals surface area contributed by atoms with Gasteiger partial charge >= 0.3 is 0 Å². The molecule has 0 saturated heterocycles. The van der Waals surface area contributed by atoms with Gasteiger partial charge in [0.25, 0.3) is 11.8 Å². The third kappa shape index (κ3) is 2.58. The smallest absolute Gasteiger partial charge is 0.261 e. The van der Waals surface area contributed by atoms with E-state index in [4.69, 9.17) is 0 Å². The van der Waals surface area contributed by atoms with Crippen molar-refractivity contribution >= 4 is 34.4 Å². The van der Waals surface area contributed by atoms with E-state index < -0.39 is 0 Å². The van der Waals surface area contributed by atoms with Gasteiger partial charge in [-0.05, 0) is 31.4 Å². The number of halogens is 1. The van der Waals surface area contributed by atoms with Crippen molar-refractivity contribution in [2.75, 3.05) is 6.54 Å². The molecule has 1 aromatic carbocycles. The molecule has 1 aliphatic rings. The molecule has 1 heterocycles. The Bertz CT molecular complexity index is 438. The van der Waals surface area contributed by atoms with Crippen molar-refractivity contribution in [1.82, 2.24) is 4.90 Å². The second kappa shape index (κ2) is 5.82. The maximum atomic E-state index is 12.1. The number of fused-ring (bicyclic) bond motifs is 1. The van der Waals surface area contributed by atoms with Gasteiger partial charge in [0, 0.05) is 10.5 Å². The number of imide groups is 1. The Hall–Kier alpha value is -0.910. The first-order valence-corrected chi connectivity index (χ1v) is 7.49. The molecule has 0 bridgehead atoms. The quantitative estimate of drug-likeness (QED) is 0.461. The van der Waals surface area contributed by atoms with Gasteiger partial charge < -0.3 is 0 Å². The Kier molecular flexibility index (Phi) is 4.37. The number of carbonyl (C=O) groups excluding carboxylic acids is 2. The van der Waals surface area contributed by atoms with E-state index >= 15 is 0 Å². The fourth-order valence-electron chi connectivity index (χ4n) is 2.12. The Morgan fingerprint density at radius 1 is 1.17 bits per heavy atom. The van der Waals surface area contributed by atoms with E-state index in [1.165, 1.54) is 4.90 Å². The first kappa shape index (κ1) is 13.5. The maximum absolute atomic E-state index is 12.1. The summed E-state index contributed by atoms with van der Waals surface area (Å²) in [4.78, 5) is 25.5. The van der Waals surface area contributed by atoms with E-state index in [0.29, 0.717) is 21.6 Å². The van der Waals surface area contributed by atoms with Crippen LogP contribution >= 0.6 is 22.6 Å². The molecule has 18 heavy (non-hydrogen) atoms. The highest BCUT2D eigenvalue weighted by molar-refractivity contribution is 14.1. The zero-order valence-corrected chi connectivity index (χ0v) is 12.5. The summed E-state index contributed by atoms with van der Waals surface area (Å²) in [5.74, 6) is -0.283. The molecule has 0 saturated carbocycles. The van der Waals surface area contributed by atoms with Gasteiger partial charge in [0.1, 0.15) is 0 Å². The minimum atomic E-state index is -0.142. The van der Waals surface area contributed by atoms with Crippen LogP contribution in [0.2, 0.25) is 0 Å². The van der Waals surface area contributed by atoms with Gasteiger partial charge in [-0.15, -0.1) is 0 Å². The highest BCUT2D eigenvalue weighted by atomic mass is 127. The fourth-order valence-corrected chi connectivity index (χ4v) is 2.56. The van der Waals surface area contributed by atoms with Crippen LogP contribution in [-0.4, -0.2) is 27.2 Å². The highest BCUT2D eigenvalue weighted by Gasteiger charge is 2.34.